The van der Waals surface area contributed by atoms with Crippen LogP contribution in [0.25, 0.3) is 0 Å². The molecule has 0 N–H and O–H groups in total. The molecule has 0 atom stereocenters. The second kappa shape index (κ2) is 9.51. The summed E-state index contributed by atoms with van der Waals surface area (Å²) in [4.78, 5) is 0. The van der Waals surface area contributed by atoms with Gasteiger partial charge in [-0.3, -0.25) is 0 Å². The Labute approximate surface area is 50.2 Å². The fourth-order valence-electron chi connectivity index (χ4n) is 0.167. The van der Waals surface area contributed by atoms with E-state index in [4.69, 9.17) is 4.74 Å². The number of halogens is 1. The molecule has 0 bridgehead atoms. The van der Waals surface area contributed by atoms with Gasteiger partial charge in [0.1, 0.15) is 6.79 Å². The summed E-state index contributed by atoms with van der Waals surface area (Å²) >= 11 is 0. The van der Waals surface area contributed by atoms with Crippen molar-refractivity contribution in [3.8, 4) is 0 Å². The molecule has 0 fully saturated rings. The Morgan fingerprint density at radius 3 is 2.14 bits per heavy atom. The van der Waals surface area contributed by atoms with Crippen LogP contribution in [-0.4, -0.2) is 20.5 Å². The smallest absolute Gasteiger partial charge is 0.146 e. The molecule has 0 aliphatic rings. The van der Waals surface area contributed by atoms with Crippen LogP contribution in [0.2, 0.25) is 0 Å². The monoisotopic (exact) mass is 126 g/mol. The summed E-state index contributed by atoms with van der Waals surface area (Å²) in [5, 5.41) is 0. The quantitative estimate of drug-likeness (QED) is 0.416. The molecular formula is C4H11ClO2. The molecule has 7 heavy (non-hydrogen) atoms. The van der Waals surface area contributed by atoms with Gasteiger partial charge >= 0.3 is 0 Å². The van der Waals surface area contributed by atoms with Crippen molar-refractivity contribution in [3.63, 3.8) is 0 Å². The molecule has 0 unspecified atom stereocenters. The molecule has 0 saturated carbocycles. The minimum Gasteiger partial charge on any atom is -0.359 e. The van der Waals surface area contributed by atoms with Gasteiger partial charge in [0, 0.05) is 13.7 Å². The van der Waals surface area contributed by atoms with Crippen molar-refractivity contribution in [3.05, 3.63) is 0 Å². The molecule has 0 spiro atoms. The maximum absolute atomic E-state index is 4.76. The van der Waals surface area contributed by atoms with Crippen molar-refractivity contribution >= 4 is 12.4 Å². The molecule has 0 aliphatic heterocycles. The number of ether oxygens (including phenoxy) is 2. The first kappa shape index (κ1) is 10.2. The van der Waals surface area contributed by atoms with Crippen LogP contribution >= 0.6 is 12.4 Å². The zero-order valence-electron chi connectivity index (χ0n) is 4.64. The third-order valence-electron chi connectivity index (χ3n) is 0.405. The van der Waals surface area contributed by atoms with Crippen LogP contribution in [0.3, 0.4) is 0 Å². The molecule has 0 aromatic carbocycles. The van der Waals surface area contributed by atoms with Gasteiger partial charge in [0.2, 0.25) is 0 Å². The summed E-state index contributed by atoms with van der Waals surface area (Å²) in [6.45, 7) is 3.07. The molecule has 0 rings (SSSR count). The largest absolute Gasteiger partial charge is 0.359 e. The van der Waals surface area contributed by atoms with E-state index in [1.807, 2.05) is 6.92 Å². The lowest BCUT2D eigenvalue weighted by Crippen LogP contribution is -1.93. The second-order valence-corrected chi connectivity index (χ2v) is 0.899. The van der Waals surface area contributed by atoms with Crippen molar-refractivity contribution in [2.45, 2.75) is 6.92 Å². The van der Waals surface area contributed by atoms with Gasteiger partial charge in [0.15, 0.2) is 0 Å². The maximum Gasteiger partial charge on any atom is 0.146 e. The highest BCUT2D eigenvalue weighted by Gasteiger charge is 1.71. The van der Waals surface area contributed by atoms with Crippen LogP contribution in [-0.2, 0) is 9.47 Å². The van der Waals surface area contributed by atoms with Crippen molar-refractivity contribution in [1.82, 2.24) is 0 Å². The number of hydrogen-bond donors (Lipinski definition) is 0. The highest BCUT2D eigenvalue weighted by atomic mass is 35.5. The van der Waals surface area contributed by atoms with E-state index >= 15 is 0 Å². The summed E-state index contributed by atoms with van der Waals surface area (Å²) < 4.78 is 9.32. The second-order valence-electron chi connectivity index (χ2n) is 0.899. The zero-order valence-corrected chi connectivity index (χ0v) is 5.46. The van der Waals surface area contributed by atoms with E-state index < -0.39 is 0 Å². The van der Waals surface area contributed by atoms with Crippen LogP contribution in [0.15, 0.2) is 0 Å². The standard InChI is InChI=1S/C4H10O2.ClH/c1-3-6-4-5-2;/h3-4H2,1-2H3;1H. The average molecular weight is 127 g/mol. The first-order valence-corrected chi connectivity index (χ1v) is 1.98. The van der Waals surface area contributed by atoms with Crippen LogP contribution in [0.4, 0.5) is 0 Å². The number of methoxy groups -OCH3 is 1. The van der Waals surface area contributed by atoms with E-state index in [-0.39, 0.29) is 12.4 Å². The molecule has 0 aliphatic carbocycles. The van der Waals surface area contributed by atoms with E-state index in [2.05, 4.69) is 4.74 Å². The zero-order chi connectivity index (χ0) is 4.83. The van der Waals surface area contributed by atoms with E-state index in [0.29, 0.717) is 6.79 Å². The number of rotatable bonds is 3. The van der Waals surface area contributed by atoms with Gasteiger partial charge in [0.25, 0.3) is 0 Å². The fourth-order valence-corrected chi connectivity index (χ4v) is 0.167. The molecule has 0 aromatic heterocycles. The van der Waals surface area contributed by atoms with Gasteiger partial charge in [-0.25, -0.2) is 0 Å². The van der Waals surface area contributed by atoms with Gasteiger partial charge < -0.3 is 9.47 Å². The third-order valence-corrected chi connectivity index (χ3v) is 0.405. The molecule has 0 saturated heterocycles. The van der Waals surface area contributed by atoms with Gasteiger partial charge in [-0.2, -0.15) is 0 Å². The Bertz CT molecular complexity index is 21.7. The summed E-state index contributed by atoms with van der Waals surface area (Å²) in [7, 11) is 1.61. The van der Waals surface area contributed by atoms with Gasteiger partial charge in [-0.1, -0.05) is 0 Å². The molecule has 3 heteroatoms. The Balaban J connectivity index is 0. The summed E-state index contributed by atoms with van der Waals surface area (Å²) in [5.74, 6) is 0. The van der Waals surface area contributed by atoms with Crippen molar-refractivity contribution in [1.29, 1.82) is 0 Å². The topological polar surface area (TPSA) is 18.5 Å². The Kier molecular flexibility index (Phi) is 13.9. The number of hydrogen-bond acceptors (Lipinski definition) is 2. The van der Waals surface area contributed by atoms with E-state index in [0.717, 1.165) is 6.61 Å². The average Bonchev–Trinajstić information content (AvgIpc) is 1.61. The Morgan fingerprint density at radius 1 is 1.43 bits per heavy atom. The van der Waals surface area contributed by atoms with Crippen molar-refractivity contribution < 1.29 is 9.47 Å². The van der Waals surface area contributed by atoms with Gasteiger partial charge in [0.05, 0.1) is 0 Å². The van der Waals surface area contributed by atoms with Crippen LogP contribution < -0.4 is 0 Å². The molecule has 2 nitrogen and oxygen atoms in total. The minimum absolute atomic E-state index is 0. The highest BCUT2D eigenvalue weighted by molar-refractivity contribution is 5.85. The summed E-state index contributed by atoms with van der Waals surface area (Å²) in [5.41, 5.74) is 0. The van der Waals surface area contributed by atoms with Gasteiger partial charge in [-0.15, -0.1) is 12.4 Å². The summed E-state index contributed by atoms with van der Waals surface area (Å²) in [6, 6.07) is 0. The molecule has 46 valence electrons. The summed E-state index contributed by atoms with van der Waals surface area (Å²) in [6.07, 6.45) is 0. The predicted octanol–water partition coefficient (Wildman–Crippen LogP) is 1.05. The van der Waals surface area contributed by atoms with Gasteiger partial charge in [-0.05, 0) is 6.92 Å². The van der Waals surface area contributed by atoms with Crippen LogP contribution in [0.1, 0.15) is 6.92 Å². The molecule has 0 aromatic rings. The minimum atomic E-state index is 0. The molecule has 0 radical (unpaired) electrons. The maximum atomic E-state index is 4.76. The van der Waals surface area contributed by atoms with Crippen LogP contribution in [0.5, 0.6) is 0 Å². The predicted molar refractivity (Wildman–Crippen MR) is 30.7 cm³/mol. The molecular weight excluding hydrogens is 115 g/mol. The van der Waals surface area contributed by atoms with Crippen LogP contribution in [0, 0.1) is 0 Å². The van der Waals surface area contributed by atoms with Crippen molar-refractivity contribution in [2.75, 3.05) is 20.5 Å². The Morgan fingerprint density at radius 2 is 2.00 bits per heavy atom. The van der Waals surface area contributed by atoms with E-state index in [1.165, 1.54) is 0 Å². The fraction of sp³-hybridized carbons (Fsp3) is 1.00. The first-order chi connectivity index (χ1) is 2.91. The SMILES string of the molecule is CCOCOC.Cl. The highest BCUT2D eigenvalue weighted by Crippen LogP contribution is 1.68. The Hall–Kier alpha value is 0.210. The van der Waals surface area contributed by atoms with E-state index in [9.17, 15) is 0 Å². The van der Waals surface area contributed by atoms with E-state index in [1.54, 1.807) is 7.11 Å². The third kappa shape index (κ3) is 10.7. The van der Waals surface area contributed by atoms with Crippen molar-refractivity contribution in [2.24, 2.45) is 0 Å². The molecule has 0 amide bonds. The first-order valence-electron chi connectivity index (χ1n) is 1.98. The molecule has 0 heterocycles. The lowest BCUT2D eigenvalue weighted by atomic mass is 10.9. The lowest BCUT2D eigenvalue weighted by molar-refractivity contribution is -0.0250. The normalized spacial score (nSPS) is 7.71. The lowest BCUT2D eigenvalue weighted by Gasteiger charge is -1.93.